The van der Waals surface area contributed by atoms with Crippen molar-refractivity contribution in [2.24, 2.45) is 0 Å². The molecule has 3 aliphatic rings. The fraction of sp³-hybridized carbons (Fsp3) is 0.440. The number of aryl methyl sites for hydroxylation is 1. The Morgan fingerprint density at radius 1 is 1.12 bits per heavy atom. The summed E-state index contributed by atoms with van der Waals surface area (Å²) in [5.41, 5.74) is 2.75. The molecule has 1 unspecified atom stereocenters. The van der Waals surface area contributed by atoms with Gasteiger partial charge in [-0.05, 0) is 38.3 Å². The van der Waals surface area contributed by atoms with Crippen LogP contribution in [0.15, 0.2) is 30.0 Å². The van der Waals surface area contributed by atoms with Gasteiger partial charge in [0.2, 0.25) is 0 Å². The van der Waals surface area contributed by atoms with Crippen LogP contribution < -0.4 is 9.47 Å². The number of para-hydroxylation sites is 1. The standard InChI is InChI=1S/C25H28N4O4/c1-16-20(25(31)28-9-3-4-10-28)13-26-23(27-16)18-8-11-29(14-18)24(30)19-12-17-6-5-7-21(32-2)22(17)33-15-19/h5-7,12-13,18H,3-4,8-11,14-15H2,1-2H3. The van der Waals surface area contributed by atoms with Gasteiger partial charge >= 0.3 is 0 Å². The van der Waals surface area contributed by atoms with Gasteiger partial charge in [0.05, 0.1) is 23.9 Å². The molecule has 2 fully saturated rings. The highest BCUT2D eigenvalue weighted by Gasteiger charge is 2.32. The fourth-order valence-corrected chi connectivity index (χ4v) is 4.81. The van der Waals surface area contributed by atoms with E-state index in [0.717, 1.165) is 37.9 Å². The first kappa shape index (κ1) is 21.4. The average molecular weight is 449 g/mol. The molecule has 0 bridgehead atoms. The molecule has 0 spiro atoms. The molecule has 1 atom stereocenters. The lowest BCUT2D eigenvalue weighted by Crippen LogP contribution is -2.32. The third-order valence-electron chi connectivity index (χ3n) is 6.67. The number of likely N-dealkylation sites (tertiary alicyclic amines) is 2. The molecule has 33 heavy (non-hydrogen) atoms. The molecule has 0 radical (unpaired) electrons. The number of methoxy groups -OCH3 is 1. The van der Waals surface area contributed by atoms with Gasteiger partial charge in [0.15, 0.2) is 11.5 Å². The third kappa shape index (κ3) is 4.05. The Hall–Kier alpha value is -3.42. The van der Waals surface area contributed by atoms with Crippen molar-refractivity contribution in [1.29, 1.82) is 0 Å². The van der Waals surface area contributed by atoms with Crippen molar-refractivity contribution < 1.29 is 19.1 Å². The smallest absolute Gasteiger partial charge is 0.257 e. The van der Waals surface area contributed by atoms with Crippen molar-refractivity contribution in [3.8, 4) is 11.5 Å². The highest BCUT2D eigenvalue weighted by molar-refractivity contribution is 5.99. The van der Waals surface area contributed by atoms with E-state index in [2.05, 4.69) is 9.97 Å². The number of hydrogen-bond acceptors (Lipinski definition) is 6. The SMILES string of the molecule is COc1cccc2c1OCC(C(=O)N1CCC(c3ncc(C(=O)N4CCCC4)c(C)n3)C1)=C2. The minimum atomic E-state index is -0.0245. The molecule has 1 aromatic heterocycles. The van der Waals surface area contributed by atoms with Gasteiger partial charge in [0.25, 0.3) is 11.8 Å². The lowest BCUT2D eigenvalue weighted by Gasteiger charge is -2.23. The maximum absolute atomic E-state index is 13.2. The molecule has 0 aliphatic carbocycles. The predicted molar refractivity (Wildman–Crippen MR) is 122 cm³/mol. The Morgan fingerprint density at radius 2 is 1.94 bits per heavy atom. The number of nitrogens with zero attached hydrogens (tertiary/aromatic N) is 4. The van der Waals surface area contributed by atoms with Crippen molar-refractivity contribution in [3.63, 3.8) is 0 Å². The van der Waals surface area contributed by atoms with Crippen LogP contribution in [0.2, 0.25) is 0 Å². The molecule has 2 aromatic rings. The normalized spacial score (nSPS) is 19.7. The topological polar surface area (TPSA) is 84.9 Å². The Morgan fingerprint density at radius 3 is 2.70 bits per heavy atom. The van der Waals surface area contributed by atoms with Crippen LogP contribution in [-0.2, 0) is 4.79 Å². The van der Waals surface area contributed by atoms with Gasteiger partial charge in [-0.2, -0.15) is 0 Å². The van der Waals surface area contributed by atoms with E-state index in [-0.39, 0.29) is 24.3 Å². The fourth-order valence-electron chi connectivity index (χ4n) is 4.81. The Labute approximate surface area is 193 Å². The first-order valence-corrected chi connectivity index (χ1v) is 11.5. The zero-order valence-corrected chi connectivity index (χ0v) is 19.0. The Kier molecular flexibility index (Phi) is 5.74. The van der Waals surface area contributed by atoms with E-state index >= 15 is 0 Å². The zero-order valence-electron chi connectivity index (χ0n) is 19.0. The van der Waals surface area contributed by atoms with Gasteiger partial charge in [-0.15, -0.1) is 0 Å². The number of fused-ring (bicyclic) bond motifs is 1. The predicted octanol–water partition coefficient (Wildman–Crippen LogP) is 2.82. The van der Waals surface area contributed by atoms with Gasteiger partial charge in [-0.1, -0.05) is 12.1 Å². The maximum Gasteiger partial charge on any atom is 0.257 e. The molecular weight excluding hydrogens is 420 g/mol. The van der Waals surface area contributed by atoms with Crippen LogP contribution >= 0.6 is 0 Å². The van der Waals surface area contributed by atoms with E-state index in [0.29, 0.717) is 47.2 Å². The first-order chi connectivity index (χ1) is 16.0. The molecule has 1 aromatic carbocycles. The summed E-state index contributed by atoms with van der Waals surface area (Å²) < 4.78 is 11.2. The van der Waals surface area contributed by atoms with Crippen molar-refractivity contribution in [2.45, 2.75) is 32.1 Å². The van der Waals surface area contributed by atoms with Gasteiger partial charge in [0.1, 0.15) is 12.4 Å². The molecule has 4 heterocycles. The number of amides is 2. The van der Waals surface area contributed by atoms with E-state index in [9.17, 15) is 9.59 Å². The first-order valence-electron chi connectivity index (χ1n) is 11.5. The van der Waals surface area contributed by atoms with Crippen molar-refractivity contribution in [1.82, 2.24) is 19.8 Å². The van der Waals surface area contributed by atoms with Crippen molar-refractivity contribution >= 4 is 17.9 Å². The third-order valence-corrected chi connectivity index (χ3v) is 6.67. The summed E-state index contributed by atoms with van der Waals surface area (Å²) in [6, 6.07) is 5.64. The van der Waals surface area contributed by atoms with Crippen LogP contribution in [-0.4, -0.2) is 71.5 Å². The summed E-state index contributed by atoms with van der Waals surface area (Å²) in [6.07, 6.45) is 6.44. The minimum absolute atomic E-state index is 0.0147. The van der Waals surface area contributed by atoms with Crippen LogP contribution in [0.5, 0.6) is 11.5 Å². The van der Waals surface area contributed by atoms with Crippen LogP contribution in [0.4, 0.5) is 0 Å². The Bertz CT molecular complexity index is 1120. The number of carbonyl (C=O) groups is 2. The molecule has 5 rings (SSSR count). The Balaban J connectivity index is 1.28. The largest absolute Gasteiger partial charge is 0.493 e. The van der Waals surface area contributed by atoms with Crippen LogP contribution in [0, 0.1) is 6.92 Å². The summed E-state index contributed by atoms with van der Waals surface area (Å²) in [5, 5.41) is 0. The van der Waals surface area contributed by atoms with E-state index < -0.39 is 0 Å². The highest BCUT2D eigenvalue weighted by atomic mass is 16.5. The van der Waals surface area contributed by atoms with Crippen molar-refractivity contribution in [2.75, 3.05) is 39.9 Å². The lowest BCUT2D eigenvalue weighted by molar-refractivity contribution is -0.126. The summed E-state index contributed by atoms with van der Waals surface area (Å²) in [4.78, 5) is 38.7. The van der Waals surface area contributed by atoms with Gasteiger partial charge < -0.3 is 19.3 Å². The molecule has 8 heteroatoms. The van der Waals surface area contributed by atoms with Gasteiger partial charge in [-0.3, -0.25) is 9.59 Å². The molecule has 0 saturated carbocycles. The molecule has 2 saturated heterocycles. The van der Waals surface area contributed by atoms with E-state index in [1.54, 1.807) is 13.3 Å². The number of rotatable bonds is 4. The molecule has 2 amide bonds. The molecule has 0 N–H and O–H groups in total. The second-order valence-corrected chi connectivity index (χ2v) is 8.80. The van der Waals surface area contributed by atoms with E-state index in [1.807, 2.05) is 41.0 Å². The van der Waals surface area contributed by atoms with Gasteiger partial charge in [0, 0.05) is 43.9 Å². The summed E-state index contributed by atoms with van der Waals surface area (Å²) in [7, 11) is 1.60. The van der Waals surface area contributed by atoms with Crippen molar-refractivity contribution in [3.05, 3.63) is 52.6 Å². The zero-order chi connectivity index (χ0) is 22.9. The van der Waals surface area contributed by atoms with Crippen LogP contribution in [0.25, 0.3) is 6.08 Å². The molecule has 3 aliphatic heterocycles. The second kappa shape index (κ2) is 8.84. The average Bonchev–Trinajstić information content (AvgIpc) is 3.55. The number of hydrogen-bond donors (Lipinski definition) is 0. The molecule has 172 valence electrons. The van der Waals surface area contributed by atoms with E-state index in [4.69, 9.17) is 9.47 Å². The second-order valence-electron chi connectivity index (χ2n) is 8.80. The summed E-state index contributed by atoms with van der Waals surface area (Å²) >= 11 is 0. The van der Waals surface area contributed by atoms with E-state index in [1.165, 1.54) is 0 Å². The maximum atomic E-state index is 13.2. The monoisotopic (exact) mass is 448 g/mol. The number of aromatic nitrogens is 2. The van der Waals surface area contributed by atoms with Gasteiger partial charge in [-0.25, -0.2) is 9.97 Å². The number of carbonyl (C=O) groups excluding carboxylic acids is 2. The number of ether oxygens (including phenoxy) is 2. The minimum Gasteiger partial charge on any atom is -0.493 e. The molecular formula is C25H28N4O4. The summed E-state index contributed by atoms with van der Waals surface area (Å²) in [6.45, 7) is 4.88. The summed E-state index contributed by atoms with van der Waals surface area (Å²) in [5.74, 6) is 2.08. The van der Waals surface area contributed by atoms with Crippen LogP contribution in [0.1, 0.15) is 52.6 Å². The highest BCUT2D eigenvalue weighted by Crippen LogP contribution is 2.36. The quantitative estimate of drug-likeness (QED) is 0.715. The van der Waals surface area contributed by atoms with Crippen LogP contribution in [0.3, 0.4) is 0 Å². The molecule has 8 nitrogen and oxygen atoms in total. The lowest BCUT2D eigenvalue weighted by atomic mass is 10.1. The number of benzene rings is 1.